The summed E-state index contributed by atoms with van der Waals surface area (Å²) in [6.45, 7) is 6.33. The van der Waals surface area contributed by atoms with E-state index in [0.29, 0.717) is 6.61 Å². The molecule has 6 heteroatoms. The van der Waals surface area contributed by atoms with Crippen LogP contribution in [0.2, 0.25) is 0 Å². The molecule has 0 saturated carbocycles. The van der Waals surface area contributed by atoms with E-state index in [-0.39, 0.29) is 0 Å². The predicted molar refractivity (Wildman–Crippen MR) is 70.9 cm³/mol. The molecule has 0 radical (unpaired) electrons. The summed E-state index contributed by atoms with van der Waals surface area (Å²) in [6, 6.07) is 0. The number of nitrogens with zero attached hydrogens (tertiary/aromatic N) is 4. The first kappa shape index (κ1) is 12.1. The van der Waals surface area contributed by atoms with Crippen molar-refractivity contribution in [2.24, 2.45) is 0 Å². The van der Waals surface area contributed by atoms with Gasteiger partial charge in [-0.1, -0.05) is 0 Å². The second kappa shape index (κ2) is 4.62. The van der Waals surface area contributed by atoms with E-state index in [2.05, 4.69) is 32.0 Å². The number of nitrogens with one attached hydrogen (secondary N) is 1. The summed E-state index contributed by atoms with van der Waals surface area (Å²) in [4.78, 5) is 10.7. The highest BCUT2D eigenvalue weighted by atomic mass is 16.5. The van der Waals surface area contributed by atoms with Gasteiger partial charge in [0.1, 0.15) is 11.4 Å². The Morgan fingerprint density at radius 1 is 1.37 bits per heavy atom. The highest BCUT2D eigenvalue weighted by Crippen LogP contribution is 2.31. The van der Waals surface area contributed by atoms with Crippen molar-refractivity contribution in [2.45, 2.75) is 19.4 Å². The van der Waals surface area contributed by atoms with E-state index in [9.17, 15) is 0 Å². The molecule has 100 valence electrons. The third-order valence-electron chi connectivity index (χ3n) is 3.51. The smallest absolute Gasteiger partial charge is 0.147 e. The number of aryl methyl sites for hydroxylation is 1. The number of hydrogen-bond acceptors (Lipinski definition) is 5. The SMILES string of the molecule is Cc1cn[nH]c1[C@]1(C)CN(c2cnccn2)CCO1. The van der Waals surface area contributed by atoms with Gasteiger partial charge in [0.2, 0.25) is 0 Å². The molecule has 0 bridgehead atoms. The van der Waals surface area contributed by atoms with Crippen molar-refractivity contribution in [1.29, 1.82) is 0 Å². The van der Waals surface area contributed by atoms with Crippen LogP contribution in [0.3, 0.4) is 0 Å². The number of aromatic nitrogens is 4. The zero-order valence-corrected chi connectivity index (χ0v) is 11.1. The Morgan fingerprint density at radius 3 is 2.95 bits per heavy atom. The first-order chi connectivity index (χ1) is 9.19. The lowest BCUT2D eigenvalue weighted by Gasteiger charge is -2.40. The van der Waals surface area contributed by atoms with Crippen LogP contribution in [0.15, 0.2) is 24.8 Å². The third kappa shape index (κ3) is 2.19. The average molecular weight is 259 g/mol. The van der Waals surface area contributed by atoms with Gasteiger partial charge in [0.05, 0.1) is 31.2 Å². The molecule has 0 spiro atoms. The summed E-state index contributed by atoms with van der Waals surface area (Å²) in [7, 11) is 0. The van der Waals surface area contributed by atoms with Crippen molar-refractivity contribution >= 4 is 5.82 Å². The second-order valence-corrected chi connectivity index (χ2v) is 4.99. The number of hydrogen-bond donors (Lipinski definition) is 1. The van der Waals surface area contributed by atoms with Crippen LogP contribution in [0.4, 0.5) is 5.82 Å². The van der Waals surface area contributed by atoms with Gasteiger partial charge in [-0.05, 0) is 19.4 Å². The van der Waals surface area contributed by atoms with Crippen LogP contribution < -0.4 is 4.90 Å². The number of aromatic amines is 1. The van der Waals surface area contributed by atoms with Crippen LogP contribution in [0.5, 0.6) is 0 Å². The van der Waals surface area contributed by atoms with Gasteiger partial charge in [-0.2, -0.15) is 5.10 Å². The van der Waals surface area contributed by atoms with E-state index < -0.39 is 5.60 Å². The van der Waals surface area contributed by atoms with E-state index in [0.717, 1.165) is 30.2 Å². The van der Waals surface area contributed by atoms with Gasteiger partial charge in [0.25, 0.3) is 0 Å². The summed E-state index contributed by atoms with van der Waals surface area (Å²) in [6.07, 6.45) is 7.00. The second-order valence-electron chi connectivity index (χ2n) is 4.99. The maximum absolute atomic E-state index is 5.98. The van der Waals surface area contributed by atoms with Crippen LogP contribution >= 0.6 is 0 Å². The van der Waals surface area contributed by atoms with Crippen molar-refractivity contribution in [1.82, 2.24) is 20.2 Å². The molecule has 1 saturated heterocycles. The molecule has 0 aromatic carbocycles. The summed E-state index contributed by atoms with van der Waals surface area (Å²) >= 11 is 0. The van der Waals surface area contributed by atoms with Crippen LogP contribution in [0.25, 0.3) is 0 Å². The fraction of sp³-hybridized carbons (Fsp3) is 0.462. The van der Waals surface area contributed by atoms with Crippen LogP contribution in [-0.4, -0.2) is 39.9 Å². The summed E-state index contributed by atoms with van der Waals surface area (Å²) in [5.41, 5.74) is 1.75. The van der Waals surface area contributed by atoms with Gasteiger partial charge in [0.15, 0.2) is 0 Å². The lowest BCUT2D eigenvalue weighted by Crippen LogP contribution is -2.49. The molecule has 1 fully saturated rings. The summed E-state index contributed by atoms with van der Waals surface area (Å²) in [5.74, 6) is 0.884. The number of morpholine rings is 1. The highest BCUT2D eigenvalue weighted by Gasteiger charge is 2.36. The summed E-state index contributed by atoms with van der Waals surface area (Å²) < 4.78 is 5.98. The number of rotatable bonds is 2. The molecule has 3 rings (SSSR count). The Bertz CT molecular complexity index is 555. The van der Waals surface area contributed by atoms with Crippen LogP contribution in [-0.2, 0) is 10.3 Å². The number of H-pyrrole nitrogens is 1. The summed E-state index contributed by atoms with van der Waals surface area (Å²) in [5, 5.41) is 7.14. The zero-order chi connectivity index (χ0) is 13.3. The molecule has 1 N–H and O–H groups in total. The van der Waals surface area contributed by atoms with E-state index in [1.165, 1.54) is 0 Å². The Kier molecular flexibility index (Phi) is 2.94. The topological polar surface area (TPSA) is 66.9 Å². The van der Waals surface area contributed by atoms with Gasteiger partial charge in [-0.15, -0.1) is 0 Å². The highest BCUT2D eigenvalue weighted by molar-refractivity contribution is 5.38. The minimum absolute atomic E-state index is 0.393. The lowest BCUT2D eigenvalue weighted by atomic mass is 9.97. The molecule has 0 amide bonds. The van der Waals surface area contributed by atoms with Gasteiger partial charge in [-0.25, -0.2) is 4.98 Å². The zero-order valence-electron chi connectivity index (χ0n) is 11.1. The standard InChI is InChI=1S/C13H17N5O/c1-10-7-16-17-12(10)13(2)9-18(5-6-19-13)11-8-14-3-4-15-11/h3-4,7-8H,5-6,9H2,1-2H3,(H,16,17)/t13-/m0/s1. The van der Waals surface area contributed by atoms with E-state index in [1.54, 1.807) is 18.6 Å². The Labute approximate surface area is 111 Å². The first-order valence-electron chi connectivity index (χ1n) is 6.34. The van der Waals surface area contributed by atoms with Gasteiger partial charge in [-0.3, -0.25) is 10.1 Å². The van der Waals surface area contributed by atoms with Gasteiger partial charge >= 0.3 is 0 Å². The average Bonchev–Trinajstić information content (AvgIpc) is 2.87. The molecular formula is C13H17N5O. The Morgan fingerprint density at radius 2 is 2.26 bits per heavy atom. The normalized spacial score (nSPS) is 23.6. The number of ether oxygens (including phenoxy) is 1. The molecule has 2 aromatic rings. The van der Waals surface area contributed by atoms with Crippen molar-refractivity contribution in [2.75, 3.05) is 24.6 Å². The largest absolute Gasteiger partial charge is 0.365 e. The quantitative estimate of drug-likeness (QED) is 0.879. The fourth-order valence-corrected chi connectivity index (χ4v) is 2.55. The Hall–Kier alpha value is -1.95. The fourth-order valence-electron chi connectivity index (χ4n) is 2.55. The molecule has 1 aliphatic rings. The van der Waals surface area contributed by atoms with Crippen molar-refractivity contribution < 1.29 is 4.74 Å². The molecule has 1 atom stereocenters. The molecule has 3 heterocycles. The maximum atomic E-state index is 5.98. The molecular weight excluding hydrogens is 242 g/mol. The minimum atomic E-state index is -0.393. The molecule has 19 heavy (non-hydrogen) atoms. The molecule has 0 unspecified atom stereocenters. The first-order valence-corrected chi connectivity index (χ1v) is 6.34. The molecule has 2 aromatic heterocycles. The van der Waals surface area contributed by atoms with Crippen LogP contribution in [0.1, 0.15) is 18.2 Å². The third-order valence-corrected chi connectivity index (χ3v) is 3.51. The number of anilines is 1. The lowest BCUT2D eigenvalue weighted by molar-refractivity contribution is -0.0502. The predicted octanol–water partition coefficient (Wildman–Crippen LogP) is 1.26. The molecule has 1 aliphatic heterocycles. The Balaban J connectivity index is 1.88. The minimum Gasteiger partial charge on any atom is -0.365 e. The van der Waals surface area contributed by atoms with Crippen molar-refractivity contribution in [3.05, 3.63) is 36.0 Å². The van der Waals surface area contributed by atoms with E-state index in [4.69, 9.17) is 4.74 Å². The van der Waals surface area contributed by atoms with E-state index in [1.807, 2.05) is 13.1 Å². The van der Waals surface area contributed by atoms with Gasteiger partial charge < -0.3 is 9.64 Å². The maximum Gasteiger partial charge on any atom is 0.147 e. The van der Waals surface area contributed by atoms with Crippen LogP contribution in [0, 0.1) is 6.92 Å². The van der Waals surface area contributed by atoms with Crippen molar-refractivity contribution in [3.8, 4) is 0 Å². The van der Waals surface area contributed by atoms with Gasteiger partial charge in [0, 0.05) is 18.9 Å². The molecule has 0 aliphatic carbocycles. The van der Waals surface area contributed by atoms with E-state index >= 15 is 0 Å². The monoisotopic (exact) mass is 259 g/mol. The molecule has 6 nitrogen and oxygen atoms in total. The van der Waals surface area contributed by atoms with Crippen molar-refractivity contribution in [3.63, 3.8) is 0 Å².